The maximum atomic E-state index is 12.9. The van der Waals surface area contributed by atoms with Crippen LogP contribution in [0.15, 0.2) is 36.7 Å². The number of nitrogens with one attached hydrogen (secondary N) is 1. The van der Waals surface area contributed by atoms with Gasteiger partial charge in [-0.25, -0.2) is 0 Å². The Hall–Kier alpha value is -2.80. The Balaban J connectivity index is 1.70. The van der Waals surface area contributed by atoms with E-state index in [1.54, 1.807) is 27.5 Å². The summed E-state index contributed by atoms with van der Waals surface area (Å²) in [5.74, 6) is 2.06. The molecule has 2 heterocycles. The zero-order chi connectivity index (χ0) is 21.3. The highest BCUT2D eigenvalue weighted by molar-refractivity contribution is 5.77. The van der Waals surface area contributed by atoms with E-state index in [0.717, 1.165) is 37.2 Å². The lowest BCUT2D eigenvalue weighted by Crippen LogP contribution is -2.36. The summed E-state index contributed by atoms with van der Waals surface area (Å²) in [6, 6.07) is 7.59. The van der Waals surface area contributed by atoms with Crippen LogP contribution in [0.5, 0.6) is 17.2 Å². The average molecular weight is 415 g/mol. The quantitative estimate of drug-likeness (QED) is 0.678. The molecule has 7 nitrogen and oxygen atoms in total. The van der Waals surface area contributed by atoms with Crippen LogP contribution in [-0.2, 0) is 16.0 Å². The minimum Gasteiger partial charge on any atom is -0.493 e. The van der Waals surface area contributed by atoms with Crippen LogP contribution < -0.4 is 19.5 Å². The van der Waals surface area contributed by atoms with Gasteiger partial charge in [0.25, 0.3) is 0 Å². The van der Waals surface area contributed by atoms with Gasteiger partial charge in [0.2, 0.25) is 11.7 Å². The highest BCUT2D eigenvalue weighted by Crippen LogP contribution is 2.40. The van der Waals surface area contributed by atoms with Gasteiger partial charge in [0, 0.05) is 32.0 Å². The number of benzene rings is 1. The molecule has 162 valence electrons. The van der Waals surface area contributed by atoms with Crippen molar-refractivity contribution in [2.24, 2.45) is 5.92 Å². The van der Waals surface area contributed by atoms with Gasteiger partial charge in [-0.3, -0.25) is 9.78 Å². The molecule has 1 fully saturated rings. The fourth-order valence-electron chi connectivity index (χ4n) is 3.94. The summed E-state index contributed by atoms with van der Waals surface area (Å²) in [6.45, 7) is 1.44. The minimum atomic E-state index is -0.0672. The van der Waals surface area contributed by atoms with E-state index in [1.807, 2.05) is 30.5 Å². The molecule has 0 spiro atoms. The number of methoxy groups -OCH3 is 3. The number of amides is 1. The molecule has 0 saturated carbocycles. The van der Waals surface area contributed by atoms with Crippen LogP contribution in [0, 0.1) is 5.92 Å². The number of ether oxygens (including phenoxy) is 4. The number of hydrogen-bond acceptors (Lipinski definition) is 6. The first-order chi connectivity index (χ1) is 14.7. The summed E-state index contributed by atoms with van der Waals surface area (Å²) in [4.78, 5) is 17.1. The van der Waals surface area contributed by atoms with Crippen molar-refractivity contribution in [1.82, 2.24) is 10.3 Å². The van der Waals surface area contributed by atoms with Crippen molar-refractivity contribution in [3.05, 3.63) is 47.8 Å². The van der Waals surface area contributed by atoms with Crippen LogP contribution in [0.1, 0.15) is 36.4 Å². The van der Waals surface area contributed by atoms with Crippen LogP contribution in [0.4, 0.5) is 0 Å². The molecule has 2 aromatic rings. The first-order valence-electron chi connectivity index (χ1n) is 10.2. The minimum absolute atomic E-state index is 0.00724. The molecule has 0 radical (unpaired) electrons. The van der Waals surface area contributed by atoms with Gasteiger partial charge in [0.1, 0.15) is 0 Å². The van der Waals surface area contributed by atoms with Gasteiger partial charge in [-0.2, -0.15) is 0 Å². The summed E-state index contributed by atoms with van der Waals surface area (Å²) in [7, 11) is 4.74. The van der Waals surface area contributed by atoms with Crippen LogP contribution in [-0.4, -0.2) is 45.4 Å². The van der Waals surface area contributed by atoms with Crippen molar-refractivity contribution >= 4 is 5.91 Å². The van der Waals surface area contributed by atoms with E-state index in [0.29, 0.717) is 36.0 Å². The zero-order valence-electron chi connectivity index (χ0n) is 17.8. The van der Waals surface area contributed by atoms with Gasteiger partial charge in [-0.05, 0) is 48.4 Å². The van der Waals surface area contributed by atoms with E-state index >= 15 is 0 Å². The third-order valence-electron chi connectivity index (χ3n) is 5.50. The maximum Gasteiger partial charge on any atom is 0.220 e. The van der Waals surface area contributed by atoms with Crippen molar-refractivity contribution in [1.29, 1.82) is 0 Å². The van der Waals surface area contributed by atoms with Crippen molar-refractivity contribution < 1.29 is 23.7 Å². The lowest BCUT2D eigenvalue weighted by Gasteiger charge is -2.31. The molecule has 7 heteroatoms. The molecule has 1 aliphatic heterocycles. The molecule has 1 atom stereocenters. The van der Waals surface area contributed by atoms with Gasteiger partial charge in [-0.1, -0.05) is 12.1 Å². The number of pyridine rings is 1. The Bertz CT molecular complexity index is 822. The van der Waals surface area contributed by atoms with Crippen LogP contribution in [0.25, 0.3) is 0 Å². The number of hydrogen-bond donors (Lipinski definition) is 1. The van der Waals surface area contributed by atoms with Crippen molar-refractivity contribution in [3.63, 3.8) is 0 Å². The number of aromatic nitrogens is 1. The number of rotatable bonds is 9. The molecule has 1 aromatic carbocycles. The van der Waals surface area contributed by atoms with Crippen molar-refractivity contribution in [2.75, 3.05) is 34.5 Å². The van der Waals surface area contributed by atoms with E-state index in [9.17, 15) is 4.79 Å². The molecule has 30 heavy (non-hydrogen) atoms. The molecule has 0 unspecified atom stereocenters. The normalized spacial score (nSPS) is 15.3. The summed E-state index contributed by atoms with van der Waals surface area (Å²) in [6.07, 6.45) is 6.29. The molecular formula is C23H30N2O5. The third kappa shape index (κ3) is 5.21. The van der Waals surface area contributed by atoms with Crippen LogP contribution in [0.3, 0.4) is 0 Å². The molecule has 1 aromatic heterocycles. The van der Waals surface area contributed by atoms with Gasteiger partial charge in [-0.15, -0.1) is 0 Å². The number of carbonyl (C=O) groups excluding carboxylic acids is 1. The molecule has 3 rings (SSSR count). The Morgan fingerprint density at radius 1 is 1.13 bits per heavy atom. The average Bonchev–Trinajstić information content (AvgIpc) is 2.81. The largest absolute Gasteiger partial charge is 0.493 e. The van der Waals surface area contributed by atoms with Gasteiger partial charge in [0.05, 0.1) is 27.4 Å². The number of carbonyl (C=O) groups is 1. The highest BCUT2D eigenvalue weighted by atomic mass is 16.5. The van der Waals surface area contributed by atoms with E-state index in [1.165, 1.54) is 0 Å². The van der Waals surface area contributed by atoms with Gasteiger partial charge < -0.3 is 24.3 Å². The predicted molar refractivity (Wildman–Crippen MR) is 113 cm³/mol. The molecule has 1 aliphatic rings. The second-order valence-corrected chi connectivity index (χ2v) is 7.27. The van der Waals surface area contributed by atoms with Gasteiger partial charge >= 0.3 is 0 Å². The van der Waals surface area contributed by atoms with Crippen molar-refractivity contribution in [2.45, 2.75) is 31.7 Å². The fourth-order valence-corrected chi connectivity index (χ4v) is 3.94. The Morgan fingerprint density at radius 2 is 1.90 bits per heavy atom. The highest BCUT2D eigenvalue weighted by Gasteiger charge is 2.27. The van der Waals surface area contributed by atoms with E-state index < -0.39 is 0 Å². The molecule has 0 bridgehead atoms. The molecular weight excluding hydrogens is 384 g/mol. The van der Waals surface area contributed by atoms with E-state index in [2.05, 4.69) is 10.3 Å². The lowest BCUT2D eigenvalue weighted by molar-refractivity contribution is -0.122. The van der Waals surface area contributed by atoms with Crippen LogP contribution in [0.2, 0.25) is 0 Å². The second kappa shape index (κ2) is 10.8. The Labute approximate surface area is 177 Å². The summed E-state index contributed by atoms with van der Waals surface area (Å²) < 4.78 is 21.8. The Morgan fingerprint density at radius 3 is 2.53 bits per heavy atom. The maximum absolute atomic E-state index is 12.9. The fraction of sp³-hybridized carbons (Fsp3) is 0.478. The lowest BCUT2D eigenvalue weighted by atomic mass is 9.87. The Kier molecular flexibility index (Phi) is 7.90. The summed E-state index contributed by atoms with van der Waals surface area (Å²) in [5, 5.41) is 3.23. The summed E-state index contributed by atoms with van der Waals surface area (Å²) >= 11 is 0. The SMILES string of the molecule is COc1ccc(CCC(=O)N[C@@H](c2cccnc2)C2CCOCC2)c(OC)c1OC. The van der Waals surface area contributed by atoms with Crippen molar-refractivity contribution in [3.8, 4) is 17.2 Å². The number of aryl methyl sites for hydroxylation is 1. The molecule has 1 saturated heterocycles. The monoisotopic (exact) mass is 414 g/mol. The standard InChI is InChI=1S/C23H30N2O5/c1-27-19-8-6-17(22(28-2)23(19)29-3)7-9-20(26)25-21(16-10-13-30-14-11-16)18-5-4-12-24-15-18/h4-6,8,12,15-16,21H,7,9-11,13-14H2,1-3H3,(H,25,26)/t21-/m1/s1. The second-order valence-electron chi connectivity index (χ2n) is 7.27. The van der Waals surface area contributed by atoms with E-state index in [4.69, 9.17) is 18.9 Å². The summed E-state index contributed by atoms with van der Waals surface area (Å²) in [5.41, 5.74) is 1.93. The number of nitrogens with zero attached hydrogens (tertiary/aromatic N) is 1. The first kappa shape index (κ1) is 21.9. The molecule has 1 N–H and O–H groups in total. The van der Waals surface area contributed by atoms with E-state index in [-0.39, 0.29) is 11.9 Å². The molecule has 1 amide bonds. The molecule has 0 aliphatic carbocycles. The zero-order valence-corrected chi connectivity index (χ0v) is 17.8. The van der Waals surface area contributed by atoms with Crippen LogP contribution >= 0.6 is 0 Å². The first-order valence-corrected chi connectivity index (χ1v) is 10.2. The smallest absolute Gasteiger partial charge is 0.220 e. The van der Waals surface area contributed by atoms with Gasteiger partial charge in [0.15, 0.2) is 11.5 Å². The predicted octanol–water partition coefficient (Wildman–Crippen LogP) is 3.32. The third-order valence-corrected chi connectivity index (χ3v) is 5.50. The topological polar surface area (TPSA) is 78.9 Å².